The number of hydrogen-bond acceptors (Lipinski definition) is 0. The van der Waals surface area contributed by atoms with Crippen LogP contribution in [-0.4, -0.2) is 31.7 Å². The van der Waals surface area contributed by atoms with Gasteiger partial charge in [-0.15, -0.1) is 0 Å². The van der Waals surface area contributed by atoms with Gasteiger partial charge < -0.3 is 4.48 Å². The van der Waals surface area contributed by atoms with Crippen LogP contribution in [0.15, 0.2) is 0 Å². The summed E-state index contributed by atoms with van der Waals surface area (Å²) in [6.07, 6.45) is 15.6. The molecule has 0 aliphatic rings. The van der Waals surface area contributed by atoms with Gasteiger partial charge in [0.15, 0.2) is 0 Å². The molecule has 0 aromatic heterocycles. The van der Waals surface area contributed by atoms with E-state index in [1.807, 2.05) is 0 Å². The van der Waals surface area contributed by atoms with E-state index in [-0.39, 0.29) is 0 Å². The van der Waals surface area contributed by atoms with E-state index < -0.39 is 0 Å². The van der Waals surface area contributed by atoms with Gasteiger partial charge >= 0.3 is 0 Å². The maximum atomic E-state index is 2.41. The summed E-state index contributed by atoms with van der Waals surface area (Å²) in [6, 6.07) is 0. The van der Waals surface area contributed by atoms with E-state index >= 15 is 0 Å². The molecule has 0 aromatic carbocycles. The number of hydrogen-bond donors (Lipinski definition) is 0. The molecule has 0 heterocycles. The quantitative estimate of drug-likeness (QED) is 0.306. The van der Waals surface area contributed by atoms with Crippen LogP contribution in [0.1, 0.15) is 84.5 Å². The zero-order valence-electron chi connectivity index (χ0n) is 13.6. The lowest BCUT2D eigenvalue weighted by molar-refractivity contribution is -0.890. The van der Waals surface area contributed by atoms with Gasteiger partial charge in [-0.25, -0.2) is 0 Å². The summed E-state index contributed by atoms with van der Waals surface area (Å²) >= 11 is 0. The SMILES string of the molecule is CCCCCCCC[N+](C)(C)CCCCCCC. The van der Waals surface area contributed by atoms with Crippen LogP contribution in [0.2, 0.25) is 0 Å². The van der Waals surface area contributed by atoms with Gasteiger partial charge in [-0.2, -0.15) is 0 Å². The zero-order valence-corrected chi connectivity index (χ0v) is 13.6. The Bertz CT molecular complexity index is 163. The Morgan fingerprint density at radius 1 is 0.500 bits per heavy atom. The van der Waals surface area contributed by atoms with Gasteiger partial charge in [0, 0.05) is 0 Å². The summed E-state index contributed by atoms with van der Waals surface area (Å²) in [5, 5.41) is 0. The van der Waals surface area contributed by atoms with Crippen molar-refractivity contribution in [3.05, 3.63) is 0 Å². The van der Waals surface area contributed by atoms with Crippen molar-refractivity contribution in [3.8, 4) is 0 Å². The molecule has 0 aromatic rings. The first-order valence-corrected chi connectivity index (χ1v) is 8.44. The van der Waals surface area contributed by atoms with E-state index in [4.69, 9.17) is 0 Å². The molecule has 0 aliphatic carbocycles. The molecule has 1 nitrogen and oxygen atoms in total. The third kappa shape index (κ3) is 12.4. The Labute approximate surface area is 117 Å². The maximum Gasteiger partial charge on any atom is 0.0782 e. The van der Waals surface area contributed by atoms with Gasteiger partial charge in [-0.05, 0) is 25.7 Å². The van der Waals surface area contributed by atoms with Gasteiger partial charge in [0.25, 0.3) is 0 Å². The highest BCUT2D eigenvalue weighted by molar-refractivity contribution is 4.46. The van der Waals surface area contributed by atoms with Crippen molar-refractivity contribution in [1.29, 1.82) is 0 Å². The molecule has 1 heteroatoms. The van der Waals surface area contributed by atoms with Gasteiger partial charge in [-0.3, -0.25) is 0 Å². The lowest BCUT2D eigenvalue weighted by Crippen LogP contribution is -2.41. The highest BCUT2D eigenvalue weighted by Crippen LogP contribution is 2.10. The summed E-state index contributed by atoms with van der Waals surface area (Å²) in [7, 11) is 4.82. The van der Waals surface area contributed by atoms with Crippen LogP contribution in [-0.2, 0) is 0 Å². The molecule has 0 amide bonds. The first kappa shape index (κ1) is 18.0. The molecular formula is C17H38N+. The molecular weight excluding hydrogens is 218 g/mol. The number of rotatable bonds is 13. The molecule has 0 rings (SSSR count). The van der Waals surface area contributed by atoms with Crippen LogP contribution in [0.3, 0.4) is 0 Å². The summed E-state index contributed by atoms with van der Waals surface area (Å²) in [6.45, 7) is 7.33. The van der Waals surface area contributed by atoms with E-state index in [1.54, 1.807) is 0 Å². The molecule has 0 unspecified atom stereocenters. The first-order chi connectivity index (χ1) is 8.62. The lowest BCUT2D eigenvalue weighted by atomic mass is 10.1. The second-order valence-corrected chi connectivity index (χ2v) is 6.56. The fourth-order valence-corrected chi connectivity index (χ4v) is 2.58. The van der Waals surface area contributed by atoms with Crippen molar-refractivity contribution >= 4 is 0 Å². The number of nitrogens with zero attached hydrogens (tertiary/aromatic N) is 1. The number of unbranched alkanes of at least 4 members (excludes halogenated alkanes) is 9. The Hall–Kier alpha value is -0.0400. The molecule has 18 heavy (non-hydrogen) atoms. The van der Waals surface area contributed by atoms with E-state index in [1.165, 1.54) is 88.2 Å². The molecule has 0 spiro atoms. The summed E-state index contributed by atoms with van der Waals surface area (Å²) < 4.78 is 1.24. The van der Waals surface area contributed by atoms with E-state index in [0.717, 1.165) is 0 Å². The van der Waals surface area contributed by atoms with Crippen molar-refractivity contribution in [1.82, 2.24) is 0 Å². The molecule has 0 N–H and O–H groups in total. The Balaban J connectivity index is 3.37. The van der Waals surface area contributed by atoms with Crippen LogP contribution in [0.25, 0.3) is 0 Å². The van der Waals surface area contributed by atoms with Crippen molar-refractivity contribution < 1.29 is 4.48 Å². The molecule has 0 saturated carbocycles. The highest BCUT2D eigenvalue weighted by Gasteiger charge is 2.13. The topological polar surface area (TPSA) is 0 Å². The fourth-order valence-electron chi connectivity index (χ4n) is 2.58. The van der Waals surface area contributed by atoms with Crippen LogP contribution >= 0.6 is 0 Å². The average Bonchev–Trinajstić information content (AvgIpc) is 2.33. The number of quaternary nitrogens is 1. The molecule has 0 aliphatic heterocycles. The molecule has 0 bridgehead atoms. The third-order valence-corrected chi connectivity index (χ3v) is 3.98. The molecule has 0 atom stereocenters. The summed E-state index contributed by atoms with van der Waals surface area (Å²) in [5.41, 5.74) is 0. The van der Waals surface area contributed by atoms with Crippen molar-refractivity contribution in [3.63, 3.8) is 0 Å². The maximum absolute atomic E-state index is 2.41. The fraction of sp³-hybridized carbons (Fsp3) is 1.00. The van der Waals surface area contributed by atoms with E-state index in [2.05, 4.69) is 27.9 Å². The van der Waals surface area contributed by atoms with Gasteiger partial charge in [-0.1, -0.05) is 58.8 Å². The Morgan fingerprint density at radius 2 is 0.833 bits per heavy atom. The minimum Gasteiger partial charge on any atom is -0.328 e. The van der Waals surface area contributed by atoms with Crippen LogP contribution < -0.4 is 0 Å². The zero-order chi connectivity index (χ0) is 13.7. The third-order valence-electron chi connectivity index (χ3n) is 3.98. The van der Waals surface area contributed by atoms with Crippen molar-refractivity contribution in [2.45, 2.75) is 84.5 Å². The van der Waals surface area contributed by atoms with Crippen LogP contribution in [0, 0.1) is 0 Å². The molecule has 0 radical (unpaired) electrons. The monoisotopic (exact) mass is 256 g/mol. The van der Waals surface area contributed by atoms with Gasteiger partial charge in [0.1, 0.15) is 0 Å². The smallest absolute Gasteiger partial charge is 0.0782 e. The van der Waals surface area contributed by atoms with Crippen LogP contribution in [0.5, 0.6) is 0 Å². The van der Waals surface area contributed by atoms with Crippen molar-refractivity contribution in [2.75, 3.05) is 27.2 Å². The largest absolute Gasteiger partial charge is 0.328 e. The minimum absolute atomic E-state index is 1.24. The Morgan fingerprint density at radius 3 is 1.22 bits per heavy atom. The van der Waals surface area contributed by atoms with Crippen molar-refractivity contribution in [2.24, 2.45) is 0 Å². The summed E-state index contributed by atoms with van der Waals surface area (Å²) in [5.74, 6) is 0. The van der Waals surface area contributed by atoms with Crippen LogP contribution in [0.4, 0.5) is 0 Å². The minimum atomic E-state index is 1.24. The highest BCUT2D eigenvalue weighted by atomic mass is 15.3. The first-order valence-electron chi connectivity index (χ1n) is 8.44. The molecule has 0 fully saturated rings. The lowest BCUT2D eigenvalue weighted by Gasteiger charge is -2.30. The molecule has 110 valence electrons. The van der Waals surface area contributed by atoms with Gasteiger partial charge in [0.2, 0.25) is 0 Å². The second kappa shape index (κ2) is 12.0. The molecule has 0 saturated heterocycles. The predicted octanol–water partition coefficient (Wildman–Crippen LogP) is 5.39. The van der Waals surface area contributed by atoms with E-state index in [0.29, 0.717) is 0 Å². The van der Waals surface area contributed by atoms with Gasteiger partial charge in [0.05, 0.1) is 27.2 Å². The predicted molar refractivity (Wildman–Crippen MR) is 84.0 cm³/mol. The normalized spacial score (nSPS) is 12.0. The standard InChI is InChI=1S/C17H38N/c1-5-7-9-11-13-15-17-18(3,4)16-14-12-10-8-6-2/h5-17H2,1-4H3/q+1. The van der Waals surface area contributed by atoms with E-state index in [9.17, 15) is 0 Å². The summed E-state index contributed by atoms with van der Waals surface area (Å²) in [4.78, 5) is 0. The second-order valence-electron chi connectivity index (χ2n) is 6.56. The Kier molecular flexibility index (Phi) is 12.0. The average molecular weight is 256 g/mol.